The van der Waals surface area contributed by atoms with Crippen molar-refractivity contribution in [3.05, 3.63) is 35.4 Å². The molecule has 1 amide bonds. The fourth-order valence-electron chi connectivity index (χ4n) is 4.84. The van der Waals surface area contributed by atoms with E-state index in [1.165, 1.54) is 25.7 Å². The van der Waals surface area contributed by atoms with Gasteiger partial charge in [0.15, 0.2) is 0 Å². The maximum Gasteiger partial charge on any atom is 0.220 e. The fraction of sp³-hybridized carbons (Fsp3) is 0.611. The van der Waals surface area contributed by atoms with E-state index in [2.05, 4.69) is 5.32 Å². The Morgan fingerprint density at radius 3 is 2.86 bits per heavy atom. The number of carbonyl (C=O) groups is 1. The van der Waals surface area contributed by atoms with Gasteiger partial charge in [-0.1, -0.05) is 30.7 Å². The van der Waals surface area contributed by atoms with Crippen LogP contribution in [-0.2, 0) is 11.2 Å². The van der Waals surface area contributed by atoms with E-state index in [0.29, 0.717) is 18.8 Å². The lowest BCUT2D eigenvalue weighted by Crippen LogP contribution is -2.35. The third-order valence-electron chi connectivity index (χ3n) is 5.85. The molecule has 1 aromatic rings. The van der Waals surface area contributed by atoms with Crippen molar-refractivity contribution in [2.75, 3.05) is 0 Å². The lowest BCUT2D eigenvalue weighted by atomic mass is 9.86. The van der Waals surface area contributed by atoms with E-state index >= 15 is 0 Å². The molecule has 0 aliphatic heterocycles. The lowest BCUT2D eigenvalue weighted by Gasteiger charge is -2.23. The van der Waals surface area contributed by atoms with Crippen LogP contribution in [-0.4, -0.2) is 17.1 Å². The Morgan fingerprint density at radius 2 is 2.10 bits per heavy atom. The fourth-order valence-corrected chi connectivity index (χ4v) is 4.84. The second kappa shape index (κ2) is 5.13. The van der Waals surface area contributed by atoms with Crippen molar-refractivity contribution in [1.29, 1.82) is 0 Å². The van der Waals surface area contributed by atoms with Crippen LogP contribution in [0.1, 0.15) is 49.3 Å². The number of carbonyl (C=O) groups excluding carboxylic acids is 1. The molecule has 112 valence electrons. The molecule has 3 nitrogen and oxygen atoms in total. The van der Waals surface area contributed by atoms with E-state index in [-0.39, 0.29) is 11.9 Å². The van der Waals surface area contributed by atoms with Crippen LogP contribution in [0.4, 0.5) is 0 Å². The molecule has 4 rings (SSSR count). The molecule has 2 fully saturated rings. The Bertz CT molecular complexity index is 556. The summed E-state index contributed by atoms with van der Waals surface area (Å²) < 4.78 is 0. The van der Waals surface area contributed by atoms with Gasteiger partial charge in [0, 0.05) is 12.8 Å². The predicted molar refractivity (Wildman–Crippen MR) is 80.6 cm³/mol. The Morgan fingerprint density at radius 1 is 1.24 bits per heavy atom. The summed E-state index contributed by atoms with van der Waals surface area (Å²) in [6.45, 7) is 0. The van der Waals surface area contributed by atoms with Gasteiger partial charge < -0.3 is 10.4 Å². The Labute approximate surface area is 125 Å². The topological polar surface area (TPSA) is 49.3 Å². The lowest BCUT2D eigenvalue weighted by molar-refractivity contribution is -0.123. The van der Waals surface area contributed by atoms with Crippen LogP contribution in [0.25, 0.3) is 0 Å². The van der Waals surface area contributed by atoms with E-state index in [0.717, 1.165) is 23.0 Å². The zero-order chi connectivity index (χ0) is 14.4. The standard InChI is InChI=1S/C18H23NO2/c20-16-9-13-3-1-2-4-15(13)18(16)19-17(21)10-14-8-11-5-6-12(14)7-11/h1-4,11-12,14,16,18,20H,5-10H2,(H,19,21)/t11?,12?,14?,16-,18+/m1/s1. The van der Waals surface area contributed by atoms with Crippen LogP contribution in [0.3, 0.4) is 0 Å². The molecule has 5 atom stereocenters. The van der Waals surface area contributed by atoms with E-state index in [1.807, 2.05) is 24.3 Å². The highest BCUT2D eigenvalue weighted by atomic mass is 16.3. The number of hydrogen-bond acceptors (Lipinski definition) is 2. The molecule has 0 aromatic heterocycles. The number of benzene rings is 1. The van der Waals surface area contributed by atoms with Crippen molar-refractivity contribution in [3.63, 3.8) is 0 Å². The molecule has 3 heteroatoms. The number of hydrogen-bond donors (Lipinski definition) is 2. The molecule has 2 N–H and O–H groups in total. The van der Waals surface area contributed by atoms with Gasteiger partial charge >= 0.3 is 0 Å². The average Bonchev–Trinajstić information content (AvgIpc) is 3.14. The second-order valence-electron chi connectivity index (χ2n) is 7.15. The molecule has 0 saturated heterocycles. The third-order valence-corrected chi connectivity index (χ3v) is 5.85. The van der Waals surface area contributed by atoms with E-state index in [9.17, 15) is 9.90 Å². The van der Waals surface area contributed by atoms with Crippen molar-refractivity contribution in [2.24, 2.45) is 17.8 Å². The highest BCUT2D eigenvalue weighted by Gasteiger charge is 2.40. The van der Waals surface area contributed by atoms with Crippen LogP contribution in [0, 0.1) is 17.8 Å². The average molecular weight is 285 g/mol. The maximum atomic E-state index is 12.4. The molecular formula is C18H23NO2. The van der Waals surface area contributed by atoms with Gasteiger partial charge in [-0.3, -0.25) is 4.79 Å². The molecule has 3 aliphatic carbocycles. The summed E-state index contributed by atoms with van der Waals surface area (Å²) in [4.78, 5) is 12.4. The number of amides is 1. The minimum absolute atomic E-state index is 0.119. The number of aliphatic hydroxyl groups excluding tert-OH is 1. The van der Waals surface area contributed by atoms with Gasteiger partial charge in [-0.25, -0.2) is 0 Å². The largest absolute Gasteiger partial charge is 0.390 e. The van der Waals surface area contributed by atoms with Crippen LogP contribution in [0.15, 0.2) is 24.3 Å². The highest BCUT2D eigenvalue weighted by molar-refractivity contribution is 5.77. The quantitative estimate of drug-likeness (QED) is 0.897. The molecule has 0 heterocycles. The van der Waals surface area contributed by atoms with Gasteiger partial charge in [-0.15, -0.1) is 0 Å². The van der Waals surface area contributed by atoms with Gasteiger partial charge in [0.05, 0.1) is 12.1 Å². The van der Waals surface area contributed by atoms with E-state index < -0.39 is 6.10 Å². The normalized spacial score (nSPS) is 36.7. The first-order chi connectivity index (χ1) is 10.2. The molecule has 21 heavy (non-hydrogen) atoms. The van der Waals surface area contributed by atoms with Crippen molar-refractivity contribution in [1.82, 2.24) is 5.32 Å². The summed E-state index contributed by atoms with van der Waals surface area (Å²) in [7, 11) is 0. The van der Waals surface area contributed by atoms with Crippen LogP contribution in [0.2, 0.25) is 0 Å². The summed E-state index contributed by atoms with van der Waals surface area (Å²) in [6.07, 6.45) is 6.08. The first kappa shape index (κ1) is 13.3. The molecule has 0 radical (unpaired) electrons. The summed E-state index contributed by atoms with van der Waals surface area (Å²) in [6, 6.07) is 7.82. The first-order valence-corrected chi connectivity index (χ1v) is 8.26. The Kier molecular flexibility index (Phi) is 3.26. The van der Waals surface area contributed by atoms with Crippen molar-refractivity contribution in [3.8, 4) is 0 Å². The third kappa shape index (κ3) is 2.38. The van der Waals surface area contributed by atoms with E-state index in [1.54, 1.807) is 0 Å². The molecule has 1 aromatic carbocycles. The monoisotopic (exact) mass is 285 g/mol. The van der Waals surface area contributed by atoms with Crippen LogP contribution in [0.5, 0.6) is 0 Å². The number of rotatable bonds is 3. The zero-order valence-corrected chi connectivity index (χ0v) is 12.3. The van der Waals surface area contributed by atoms with Gasteiger partial charge in [0.1, 0.15) is 0 Å². The maximum absolute atomic E-state index is 12.4. The summed E-state index contributed by atoms with van der Waals surface area (Å²) in [5.74, 6) is 2.36. The molecular weight excluding hydrogens is 262 g/mol. The molecule has 2 bridgehead atoms. The second-order valence-corrected chi connectivity index (χ2v) is 7.15. The van der Waals surface area contributed by atoms with Crippen LogP contribution < -0.4 is 5.32 Å². The number of nitrogens with one attached hydrogen (secondary N) is 1. The minimum Gasteiger partial charge on any atom is -0.390 e. The van der Waals surface area contributed by atoms with Gasteiger partial charge in [0.25, 0.3) is 0 Å². The van der Waals surface area contributed by atoms with Crippen molar-refractivity contribution < 1.29 is 9.90 Å². The van der Waals surface area contributed by atoms with Gasteiger partial charge in [-0.2, -0.15) is 0 Å². The zero-order valence-electron chi connectivity index (χ0n) is 12.3. The Hall–Kier alpha value is -1.35. The first-order valence-electron chi connectivity index (χ1n) is 8.26. The smallest absolute Gasteiger partial charge is 0.220 e. The summed E-state index contributed by atoms with van der Waals surface area (Å²) in [5, 5.41) is 13.3. The minimum atomic E-state index is -0.480. The summed E-state index contributed by atoms with van der Waals surface area (Å²) >= 11 is 0. The highest BCUT2D eigenvalue weighted by Crippen LogP contribution is 2.49. The van der Waals surface area contributed by atoms with Crippen LogP contribution >= 0.6 is 0 Å². The SMILES string of the molecule is O=C(CC1CC2CCC1C2)N[C@H]1c2ccccc2C[C@H]1O. The molecule has 3 aliphatic rings. The molecule has 2 saturated carbocycles. The Balaban J connectivity index is 1.41. The van der Waals surface area contributed by atoms with Crippen molar-refractivity contribution in [2.45, 2.75) is 50.7 Å². The predicted octanol–water partition coefficient (Wildman–Crippen LogP) is 2.59. The number of aliphatic hydroxyl groups is 1. The van der Waals surface area contributed by atoms with Crippen molar-refractivity contribution >= 4 is 5.91 Å². The van der Waals surface area contributed by atoms with E-state index in [4.69, 9.17) is 0 Å². The number of fused-ring (bicyclic) bond motifs is 3. The van der Waals surface area contributed by atoms with Gasteiger partial charge in [0.2, 0.25) is 5.91 Å². The molecule has 0 spiro atoms. The summed E-state index contributed by atoms with van der Waals surface area (Å²) in [5.41, 5.74) is 2.25. The molecule has 3 unspecified atom stereocenters. The van der Waals surface area contributed by atoms with Gasteiger partial charge in [-0.05, 0) is 48.1 Å².